The minimum Gasteiger partial charge on any atom is -0.493 e. The summed E-state index contributed by atoms with van der Waals surface area (Å²) in [5, 5.41) is 3.43. The summed E-state index contributed by atoms with van der Waals surface area (Å²) in [6, 6.07) is 5.99. The van der Waals surface area contributed by atoms with Crippen molar-refractivity contribution < 1.29 is 18.3 Å². The second-order valence-electron chi connectivity index (χ2n) is 5.45. The first kappa shape index (κ1) is 16.0. The van der Waals surface area contributed by atoms with E-state index in [-0.39, 0.29) is 5.75 Å². The van der Waals surface area contributed by atoms with E-state index >= 15 is 0 Å². The molecule has 1 saturated heterocycles. The number of benzene rings is 1. The van der Waals surface area contributed by atoms with Crippen molar-refractivity contribution in [1.29, 1.82) is 0 Å². The van der Waals surface area contributed by atoms with E-state index in [4.69, 9.17) is 4.74 Å². The first-order valence-electron chi connectivity index (χ1n) is 7.08. The molecule has 118 valence electrons. The molecule has 2 unspecified atom stereocenters. The fourth-order valence-corrected chi connectivity index (χ4v) is 2.56. The SMILES string of the molecule is COc1cc(CN2CC(C)NCC2C)ccc1OC(F)F. The fraction of sp³-hybridized carbons (Fsp3) is 0.600. The van der Waals surface area contributed by atoms with Crippen molar-refractivity contribution in [1.82, 2.24) is 10.2 Å². The smallest absolute Gasteiger partial charge is 0.387 e. The van der Waals surface area contributed by atoms with Gasteiger partial charge in [0.2, 0.25) is 0 Å². The maximum absolute atomic E-state index is 12.3. The quantitative estimate of drug-likeness (QED) is 0.906. The zero-order valence-electron chi connectivity index (χ0n) is 12.6. The Morgan fingerprint density at radius 3 is 2.76 bits per heavy atom. The van der Waals surface area contributed by atoms with Crippen LogP contribution in [0.5, 0.6) is 11.5 Å². The molecule has 1 fully saturated rings. The predicted octanol–water partition coefficient (Wildman–Crippen LogP) is 2.48. The van der Waals surface area contributed by atoms with Gasteiger partial charge in [0.25, 0.3) is 0 Å². The molecule has 1 aromatic carbocycles. The van der Waals surface area contributed by atoms with Gasteiger partial charge in [0.05, 0.1) is 7.11 Å². The van der Waals surface area contributed by atoms with Crippen LogP contribution >= 0.6 is 0 Å². The summed E-state index contributed by atoms with van der Waals surface area (Å²) in [5.74, 6) is 0.404. The highest BCUT2D eigenvalue weighted by atomic mass is 19.3. The second kappa shape index (κ2) is 7.04. The van der Waals surface area contributed by atoms with E-state index < -0.39 is 6.61 Å². The molecule has 0 aliphatic carbocycles. The minimum absolute atomic E-state index is 0.0676. The molecule has 6 heteroatoms. The number of nitrogens with zero attached hydrogens (tertiary/aromatic N) is 1. The van der Waals surface area contributed by atoms with E-state index in [0.29, 0.717) is 17.8 Å². The average Bonchev–Trinajstić information content (AvgIpc) is 2.44. The van der Waals surface area contributed by atoms with Gasteiger partial charge in [-0.1, -0.05) is 6.07 Å². The summed E-state index contributed by atoms with van der Waals surface area (Å²) in [6.45, 7) is 4.14. The van der Waals surface area contributed by atoms with E-state index in [0.717, 1.165) is 25.2 Å². The Balaban J connectivity index is 2.09. The summed E-state index contributed by atoms with van der Waals surface area (Å²) in [5.41, 5.74) is 1.02. The molecule has 0 spiro atoms. The van der Waals surface area contributed by atoms with Gasteiger partial charge in [-0.25, -0.2) is 0 Å². The van der Waals surface area contributed by atoms with E-state index in [9.17, 15) is 8.78 Å². The number of hydrogen-bond donors (Lipinski definition) is 1. The van der Waals surface area contributed by atoms with E-state index in [1.54, 1.807) is 12.1 Å². The zero-order chi connectivity index (χ0) is 15.4. The Kier molecular flexibility index (Phi) is 5.36. The Morgan fingerprint density at radius 1 is 1.33 bits per heavy atom. The lowest BCUT2D eigenvalue weighted by Crippen LogP contribution is -2.53. The molecule has 1 aliphatic heterocycles. The molecular weight excluding hydrogens is 278 g/mol. The van der Waals surface area contributed by atoms with Gasteiger partial charge in [-0.05, 0) is 31.5 Å². The number of hydrogen-bond acceptors (Lipinski definition) is 4. The number of halogens is 2. The molecule has 1 aromatic rings. The number of alkyl halides is 2. The highest BCUT2D eigenvalue weighted by molar-refractivity contribution is 5.43. The standard InChI is InChI=1S/C15H22F2N2O2/c1-10-8-19(11(2)7-18-10)9-12-4-5-13(21-15(16)17)14(6-12)20-3/h4-6,10-11,15,18H,7-9H2,1-3H3. The largest absolute Gasteiger partial charge is 0.493 e. The molecule has 0 radical (unpaired) electrons. The van der Waals surface area contributed by atoms with Crippen LogP contribution in [0.3, 0.4) is 0 Å². The summed E-state index contributed by atoms with van der Waals surface area (Å²) >= 11 is 0. The third kappa shape index (κ3) is 4.28. The van der Waals surface area contributed by atoms with Crippen LogP contribution < -0.4 is 14.8 Å². The van der Waals surface area contributed by atoms with Crippen LogP contribution in [-0.4, -0.2) is 43.8 Å². The van der Waals surface area contributed by atoms with Crippen LogP contribution in [0.1, 0.15) is 19.4 Å². The Hall–Kier alpha value is -1.40. The number of rotatable bonds is 5. The number of methoxy groups -OCH3 is 1. The van der Waals surface area contributed by atoms with Crippen molar-refractivity contribution in [3.05, 3.63) is 23.8 Å². The normalized spacial score (nSPS) is 23.3. The molecule has 4 nitrogen and oxygen atoms in total. The number of ether oxygens (including phenoxy) is 2. The van der Waals surface area contributed by atoms with Crippen LogP contribution in [-0.2, 0) is 6.54 Å². The molecule has 1 N–H and O–H groups in total. The van der Waals surface area contributed by atoms with Crippen molar-refractivity contribution in [3.8, 4) is 11.5 Å². The topological polar surface area (TPSA) is 33.7 Å². The van der Waals surface area contributed by atoms with Crippen molar-refractivity contribution in [2.24, 2.45) is 0 Å². The minimum atomic E-state index is -2.85. The van der Waals surface area contributed by atoms with Gasteiger partial charge in [0.1, 0.15) is 0 Å². The molecule has 0 bridgehead atoms. The van der Waals surface area contributed by atoms with Crippen molar-refractivity contribution >= 4 is 0 Å². The highest BCUT2D eigenvalue weighted by Crippen LogP contribution is 2.30. The van der Waals surface area contributed by atoms with E-state index in [1.165, 1.54) is 13.2 Å². The van der Waals surface area contributed by atoms with Crippen LogP contribution in [0.25, 0.3) is 0 Å². The molecule has 1 aliphatic rings. The number of nitrogens with one attached hydrogen (secondary N) is 1. The van der Waals surface area contributed by atoms with Crippen molar-refractivity contribution in [3.63, 3.8) is 0 Å². The molecule has 2 rings (SSSR count). The Bertz CT molecular complexity index is 471. The fourth-order valence-electron chi connectivity index (χ4n) is 2.56. The summed E-state index contributed by atoms with van der Waals surface area (Å²) in [4.78, 5) is 2.36. The van der Waals surface area contributed by atoms with Gasteiger partial charge in [-0.2, -0.15) is 8.78 Å². The number of piperazine rings is 1. The first-order chi connectivity index (χ1) is 9.99. The van der Waals surface area contributed by atoms with Crippen molar-refractivity contribution in [2.45, 2.75) is 39.1 Å². The lowest BCUT2D eigenvalue weighted by atomic mass is 10.1. The second-order valence-corrected chi connectivity index (χ2v) is 5.45. The van der Waals surface area contributed by atoms with Gasteiger partial charge >= 0.3 is 6.61 Å². The lowest BCUT2D eigenvalue weighted by molar-refractivity contribution is -0.0512. The van der Waals surface area contributed by atoms with Crippen molar-refractivity contribution in [2.75, 3.05) is 20.2 Å². The predicted molar refractivity (Wildman–Crippen MR) is 77.0 cm³/mol. The van der Waals surface area contributed by atoms with Crippen LogP contribution in [0, 0.1) is 0 Å². The van der Waals surface area contributed by atoms with E-state index in [1.807, 2.05) is 0 Å². The third-order valence-electron chi connectivity index (χ3n) is 3.72. The molecule has 0 aromatic heterocycles. The summed E-state index contributed by atoms with van der Waals surface area (Å²) in [7, 11) is 1.45. The first-order valence-corrected chi connectivity index (χ1v) is 7.08. The van der Waals surface area contributed by atoms with Gasteiger partial charge in [-0.3, -0.25) is 4.90 Å². The average molecular weight is 300 g/mol. The Labute approximate surface area is 124 Å². The van der Waals surface area contributed by atoms with E-state index in [2.05, 4.69) is 28.8 Å². The summed E-state index contributed by atoms with van der Waals surface area (Å²) in [6.07, 6.45) is 0. The molecular formula is C15H22F2N2O2. The van der Waals surface area contributed by atoms with Crippen LogP contribution in [0.4, 0.5) is 8.78 Å². The molecule has 21 heavy (non-hydrogen) atoms. The van der Waals surface area contributed by atoms with Crippen LogP contribution in [0.2, 0.25) is 0 Å². The molecule has 2 atom stereocenters. The van der Waals surface area contributed by atoms with Gasteiger partial charge in [-0.15, -0.1) is 0 Å². The van der Waals surface area contributed by atoms with Gasteiger partial charge in [0.15, 0.2) is 11.5 Å². The molecule has 1 heterocycles. The maximum atomic E-state index is 12.3. The maximum Gasteiger partial charge on any atom is 0.387 e. The van der Waals surface area contributed by atoms with Crippen LogP contribution in [0.15, 0.2) is 18.2 Å². The van der Waals surface area contributed by atoms with Gasteiger partial charge in [0, 0.05) is 31.7 Å². The zero-order valence-corrected chi connectivity index (χ0v) is 12.6. The molecule has 0 saturated carbocycles. The monoisotopic (exact) mass is 300 g/mol. The van der Waals surface area contributed by atoms with Gasteiger partial charge < -0.3 is 14.8 Å². The summed E-state index contributed by atoms with van der Waals surface area (Å²) < 4.78 is 34.2. The Morgan fingerprint density at radius 2 is 2.10 bits per heavy atom. The molecule has 0 amide bonds. The third-order valence-corrected chi connectivity index (χ3v) is 3.72. The highest BCUT2D eigenvalue weighted by Gasteiger charge is 2.22. The lowest BCUT2D eigenvalue weighted by Gasteiger charge is -2.37.